The predicted octanol–water partition coefficient (Wildman–Crippen LogP) is 5.57. The van der Waals surface area contributed by atoms with Crippen LogP contribution in [0.2, 0.25) is 0 Å². The molecule has 0 aliphatic rings. The van der Waals surface area contributed by atoms with E-state index in [4.69, 9.17) is 4.99 Å². The first-order valence-electron chi connectivity index (χ1n) is 8.57. The summed E-state index contributed by atoms with van der Waals surface area (Å²) < 4.78 is 1.91. The largest absolute Gasteiger partial charge is 0.267 e. The minimum Gasteiger partial charge on any atom is -0.267 e. The molecule has 0 N–H and O–H groups in total. The molecule has 3 aromatic rings. The lowest BCUT2D eigenvalue weighted by atomic mass is 9.93. The van der Waals surface area contributed by atoms with Crippen LogP contribution >= 0.6 is 0 Å². The smallest absolute Gasteiger partial charge is 0.111 e. The molecule has 0 aliphatic heterocycles. The van der Waals surface area contributed by atoms with E-state index in [1.165, 1.54) is 11.1 Å². The topological polar surface area (TPSA) is 30.2 Å². The summed E-state index contributed by atoms with van der Waals surface area (Å²) in [6.45, 7) is 8.87. The van der Waals surface area contributed by atoms with Crippen molar-refractivity contribution in [3.8, 4) is 0 Å². The normalized spacial score (nSPS) is 12.1. The van der Waals surface area contributed by atoms with Gasteiger partial charge in [-0.2, -0.15) is 5.10 Å². The number of aryl methyl sites for hydroxylation is 1. The number of benzene rings is 2. The number of para-hydroxylation sites is 2. The molecule has 0 saturated carbocycles. The molecule has 3 nitrogen and oxygen atoms in total. The van der Waals surface area contributed by atoms with Gasteiger partial charge in [0.25, 0.3) is 0 Å². The van der Waals surface area contributed by atoms with E-state index in [1.54, 1.807) is 0 Å². The van der Waals surface area contributed by atoms with Crippen molar-refractivity contribution < 1.29 is 0 Å². The SMILES string of the molecule is CC(C)c1cccc(C(C)C)c1N=Cc1nn(C)c2ccccc12. The standard InChI is InChI=1S/C21H25N3/c1-14(2)16-10-8-11-17(15(3)4)21(16)22-13-19-18-9-6-7-12-20(18)24(5)23-19/h6-15H,1-5H3. The van der Waals surface area contributed by atoms with Crippen molar-refractivity contribution in [2.75, 3.05) is 0 Å². The van der Waals surface area contributed by atoms with Crippen LogP contribution in [0, 0.1) is 0 Å². The van der Waals surface area contributed by atoms with Gasteiger partial charge in [0.1, 0.15) is 5.69 Å². The highest BCUT2D eigenvalue weighted by atomic mass is 15.3. The van der Waals surface area contributed by atoms with Crippen molar-refractivity contribution >= 4 is 22.8 Å². The molecule has 3 heteroatoms. The summed E-state index contributed by atoms with van der Waals surface area (Å²) in [4.78, 5) is 4.88. The zero-order chi connectivity index (χ0) is 17.3. The van der Waals surface area contributed by atoms with Crippen molar-refractivity contribution in [3.63, 3.8) is 0 Å². The van der Waals surface area contributed by atoms with Crippen LogP contribution in [-0.2, 0) is 7.05 Å². The van der Waals surface area contributed by atoms with Crippen LogP contribution in [0.5, 0.6) is 0 Å². The number of rotatable bonds is 4. The van der Waals surface area contributed by atoms with Gasteiger partial charge in [-0.15, -0.1) is 0 Å². The quantitative estimate of drug-likeness (QED) is 0.578. The third kappa shape index (κ3) is 2.99. The second-order valence-electron chi connectivity index (χ2n) is 6.88. The summed E-state index contributed by atoms with van der Waals surface area (Å²) in [5.41, 5.74) is 5.72. The molecule has 0 bridgehead atoms. The van der Waals surface area contributed by atoms with E-state index < -0.39 is 0 Å². The molecule has 3 rings (SSSR count). The molecule has 0 fully saturated rings. The highest BCUT2D eigenvalue weighted by Gasteiger charge is 2.13. The van der Waals surface area contributed by atoms with Crippen molar-refractivity contribution in [2.24, 2.45) is 12.0 Å². The van der Waals surface area contributed by atoms with Crippen LogP contribution in [0.25, 0.3) is 10.9 Å². The lowest BCUT2D eigenvalue weighted by Gasteiger charge is -2.16. The molecule has 0 atom stereocenters. The Kier molecular flexibility index (Phi) is 4.52. The highest BCUT2D eigenvalue weighted by Crippen LogP contribution is 2.34. The summed E-state index contributed by atoms with van der Waals surface area (Å²) in [5, 5.41) is 5.76. The predicted molar refractivity (Wildman–Crippen MR) is 103 cm³/mol. The highest BCUT2D eigenvalue weighted by molar-refractivity contribution is 5.98. The Morgan fingerprint density at radius 2 is 1.54 bits per heavy atom. The molecule has 1 heterocycles. The van der Waals surface area contributed by atoms with E-state index in [-0.39, 0.29) is 0 Å². The summed E-state index contributed by atoms with van der Waals surface area (Å²) in [7, 11) is 1.97. The zero-order valence-electron chi connectivity index (χ0n) is 15.1. The lowest BCUT2D eigenvalue weighted by Crippen LogP contribution is -1.96. The molecule has 0 aliphatic carbocycles. The van der Waals surface area contributed by atoms with E-state index in [0.29, 0.717) is 11.8 Å². The van der Waals surface area contributed by atoms with Crippen LogP contribution < -0.4 is 0 Å². The fourth-order valence-corrected chi connectivity index (χ4v) is 3.12. The third-order valence-electron chi connectivity index (χ3n) is 4.44. The van der Waals surface area contributed by atoms with Crippen LogP contribution in [0.3, 0.4) is 0 Å². The number of nitrogens with zero attached hydrogens (tertiary/aromatic N) is 3. The Hall–Kier alpha value is -2.42. The number of aliphatic imine (C=N–C) groups is 1. The second-order valence-corrected chi connectivity index (χ2v) is 6.88. The third-order valence-corrected chi connectivity index (χ3v) is 4.44. The van der Waals surface area contributed by atoms with Gasteiger partial charge >= 0.3 is 0 Å². The van der Waals surface area contributed by atoms with Crippen molar-refractivity contribution in [2.45, 2.75) is 39.5 Å². The number of hydrogen-bond acceptors (Lipinski definition) is 2. The van der Waals surface area contributed by atoms with Gasteiger partial charge in [-0.25, -0.2) is 0 Å². The molecule has 0 amide bonds. The number of hydrogen-bond donors (Lipinski definition) is 0. The van der Waals surface area contributed by atoms with E-state index in [9.17, 15) is 0 Å². The first-order chi connectivity index (χ1) is 11.5. The Morgan fingerprint density at radius 3 is 2.17 bits per heavy atom. The molecular weight excluding hydrogens is 294 g/mol. The van der Waals surface area contributed by atoms with Crippen LogP contribution in [0.4, 0.5) is 5.69 Å². The number of aromatic nitrogens is 2. The fraction of sp³-hybridized carbons (Fsp3) is 0.333. The van der Waals surface area contributed by atoms with E-state index in [1.807, 2.05) is 30.1 Å². The molecule has 0 saturated heterocycles. The fourth-order valence-electron chi connectivity index (χ4n) is 3.12. The van der Waals surface area contributed by atoms with Gasteiger partial charge in [0, 0.05) is 12.4 Å². The van der Waals surface area contributed by atoms with Crippen LogP contribution in [0.1, 0.15) is 56.4 Å². The summed E-state index contributed by atoms with van der Waals surface area (Å²) in [5.74, 6) is 0.882. The van der Waals surface area contributed by atoms with E-state index in [0.717, 1.165) is 22.3 Å². The van der Waals surface area contributed by atoms with Gasteiger partial charge in [-0.05, 0) is 29.0 Å². The minimum absolute atomic E-state index is 0.441. The molecule has 2 aromatic carbocycles. The van der Waals surface area contributed by atoms with Gasteiger partial charge in [0.2, 0.25) is 0 Å². The summed E-state index contributed by atoms with van der Waals surface area (Å²) in [6.07, 6.45) is 1.91. The zero-order valence-corrected chi connectivity index (χ0v) is 15.1. The summed E-state index contributed by atoms with van der Waals surface area (Å²) >= 11 is 0. The van der Waals surface area contributed by atoms with Gasteiger partial charge in [-0.1, -0.05) is 64.1 Å². The molecule has 0 spiro atoms. The average Bonchev–Trinajstić information content (AvgIpc) is 2.89. The Balaban J connectivity index is 2.11. The van der Waals surface area contributed by atoms with Gasteiger partial charge in [0.05, 0.1) is 17.4 Å². The van der Waals surface area contributed by atoms with Gasteiger partial charge < -0.3 is 0 Å². The molecule has 1 aromatic heterocycles. The minimum atomic E-state index is 0.441. The Morgan fingerprint density at radius 1 is 0.917 bits per heavy atom. The maximum Gasteiger partial charge on any atom is 0.111 e. The van der Waals surface area contributed by atoms with E-state index >= 15 is 0 Å². The lowest BCUT2D eigenvalue weighted by molar-refractivity contribution is 0.794. The first kappa shape index (κ1) is 16.4. The number of fused-ring (bicyclic) bond motifs is 1. The monoisotopic (exact) mass is 319 g/mol. The summed E-state index contributed by atoms with van der Waals surface area (Å²) in [6, 6.07) is 14.8. The molecule has 0 radical (unpaired) electrons. The van der Waals surface area contributed by atoms with Crippen LogP contribution in [0.15, 0.2) is 47.5 Å². The van der Waals surface area contributed by atoms with Crippen molar-refractivity contribution in [1.82, 2.24) is 9.78 Å². The Bertz CT molecular complexity index is 859. The van der Waals surface area contributed by atoms with Gasteiger partial charge in [0.15, 0.2) is 0 Å². The molecule has 124 valence electrons. The maximum absolute atomic E-state index is 4.88. The Labute approximate surface area is 144 Å². The van der Waals surface area contributed by atoms with Crippen molar-refractivity contribution in [1.29, 1.82) is 0 Å². The second kappa shape index (κ2) is 6.60. The molecule has 0 unspecified atom stereocenters. The average molecular weight is 319 g/mol. The van der Waals surface area contributed by atoms with Gasteiger partial charge in [-0.3, -0.25) is 9.67 Å². The maximum atomic E-state index is 4.88. The van der Waals surface area contributed by atoms with Crippen LogP contribution in [-0.4, -0.2) is 16.0 Å². The molecular formula is C21H25N3. The van der Waals surface area contributed by atoms with Crippen molar-refractivity contribution in [3.05, 3.63) is 59.3 Å². The van der Waals surface area contributed by atoms with E-state index in [2.05, 4.69) is 63.1 Å². The first-order valence-corrected chi connectivity index (χ1v) is 8.57. The molecule has 24 heavy (non-hydrogen) atoms.